The number of azo groups is 1. The molecule has 0 atom stereocenters. The van der Waals surface area contributed by atoms with Crippen LogP contribution >= 0.6 is 11.3 Å². The normalized spacial score (nSPS) is 11.7. The summed E-state index contributed by atoms with van der Waals surface area (Å²) in [6.07, 6.45) is 1.34. The van der Waals surface area contributed by atoms with E-state index >= 15 is 0 Å². The zero-order valence-electron chi connectivity index (χ0n) is 16.9. The van der Waals surface area contributed by atoms with Crippen molar-refractivity contribution < 1.29 is 9.90 Å². The van der Waals surface area contributed by atoms with Gasteiger partial charge in [0.25, 0.3) is 11.5 Å². The summed E-state index contributed by atoms with van der Waals surface area (Å²) < 4.78 is 1.21. The van der Waals surface area contributed by atoms with E-state index in [1.165, 1.54) is 22.2 Å². The summed E-state index contributed by atoms with van der Waals surface area (Å²) in [5, 5.41) is 18.9. The van der Waals surface area contributed by atoms with Crippen LogP contribution in [-0.4, -0.2) is 25.5 Å². The minimum Gasteiger partial charge on any atom is -0.493 e. The summed E-state index contributed by atoms with van der Waals surface area (Å²) in [4.78, 5) is 34.0. The molecule has 0 spiro atoms. The number of rotatable bonds is 4. The lowest BCUT2D eigenvalue weighted by molar-refractivity contribution is -0.118. The molecular formula is C23H17N5O3S. The molecule has 158 valence electrons. The van der Waals surface area contributed by atoms with Crippen LogP contribution in [0.25, 0.3) is 31.6 Å². The Morgan fingerprint density at radius 1 is 1.16 bits per heavy atom. The van der Waals surface area contributed by atoms with Crippen molar-refractivity contribution in [1.82, 2.24) is 14.5 Å². The second-order valence-electron chi connectivity index (χ2n) is 7.29. The van der Waals surface area contributed by atoms with Crippen LogP contribution in [0.5, 0.6) is 5.88 Å². The van der Waals surface area contributed by atoms with E-state index in [0.29, 0.717) is 15.6 Å². The number of thiophene rings is 1. The third-order valence-corrected chi connectivity index (χ3v) is 6.23. The highest BCUT2D eigenvalue weighted by Gasteiger charge is 2.14. The van der Waals surface area contributed by atoms with Gasteiger partial charge in [0.05, 0.1) is 17.2 Å². The Morgan fingerprint density at radius 3 is 2.78 bits per heavy atom. The summed E-state index contributed by atoms with van der Waals surface area (Å²) in [6, 6.07) is 17.0. The molecule has 9 heteroatoms. The number of para-hydroxylation sites is 1. The van der Waals surface area contributed by atoms with Gasteiger partial charge in [-0.1, -0.05) is 48.5 Å². The number of nitrogens with one attached hydrogen (secondary N) is 1. The quantitative estimate of drug-likeness (QED) is 0.383. The lowest BCUT2D eigenvalue weighted by Crippen LogP contribution is -2.23. The van der Waals surface area contributed by atoms with Gasteiger partial charge < -0.3 is 10.1 Å². The minimum absolute atomic E-state index is 0.169. The van der Waals surface area contributed by atoms with Crippen molar-refractivity contribution >= 4 is 44.1 Å². The molecule has 0 fully saturated rings. The van der Waals surface area contributed by atoms with Crippen molar-refractivity contribution in [2.45, 2.75) is 13.5 Å². The standard InChI is InChI=1S/C23H17N5O3S/c1-13-6-5-9-15-19(13)25-21(30)20(15)27-26-18(29)11-28-12-24-22-16(23(28)31)10-17(32-22)14-7-3-2-4-8-14/h2-10,12,25,30H,11H2,1H3. The number of fused-ring (bicyclic) bond motifs is 2. The van der Waals surface area contributed by atoms with Crippen molar-refractivity contribution in [3.05, 3.63) is 76.8 Å². The van der Waals surface area contributed by atoms with Gasteiger partial charge in [-0.15, -0.1) is 21.6 Å². The van der Waals surface area contributed by atoms with Crippen LogP contribution in [0.3, 0.4) is 0 Å². The van der Waals surface area contributed by atoms with Crippen LogP contribution in [0.1, 0.15) is 5.56 Å². The fraction of sp³-hybridized carbons (Fsp3) is 0.0870. The summed E-state index contributed by atoms with van der Waals surface area (Å²) in [5.41, 5.74) is 2.53. The molecule has 5 aromatic rings. The molecule has 0 radical (unpaired) electrons. The summed E-state index contributed by atoms with van der Waals surface area (Å²) in [5.74, 6) is -0.800. The minimum atomic E-state index is -0.631. The fourth-order valence-electron chi connectivity index (χ4n) is 3.54. The van der Waals surface area contributed by atoms with Crippen molar-refractivity contribution in [2.75, 3.05) is 0 Å². The lowest BCUT2D eigenvalue weighted by Gasteiger charge is -2.00. The molecule has 0 bridgehead atoms. The Kier molecular flexibility index (Phi) is 4.87. The van der Waals surface area contributed by atoms with Crippen molar-refractivity contribution in [3.8, 4) is 16.3 Å². The molecule has 0 saturated carbocycles. The Hall–Kier alpha value is -4.11. The second kappa shape index (κ2) is 7.86. The van der Waals surface area contributed by atoms with E-state index in [4.69, 9.17) is 0 Å². The number of hydrogen-bond acceptors (Lipinski definition) is 6. The zero-order chi connectivity index (χ0) is 22.2. The number of aromatic nitrogens is 3. The first-order valence-electron chi connectivity index (χ1n) is 9.80. The predicted molar refractivity (Wildman–Crippen MR) is 124 cm³/mol. The van der Waals surface area contributed by atoms with Gasteiger partial charge in [-0.3, -0.25) is 14.2 Å². The molecular weight excluding hydrogens is 426 g/mol. The molecule has 32 heavy (non-hydrogen) atoms. The van der Waals surface area contributed by atoms with Gasteiger partial charge >= 0.3 is 0 Å². The summed E-state index contributed by atoms with van der Waals surface area (Å²) in [7, 11) is 0. The van der Waals surface area contributed by atoms with E-state index in [1.54, 1.807) is 12.1 Å². The Morgan fingerprint density at radius 2 is 1.97 bits per heavy atom. The number of hydrogen-bond donors (Lipinski definition) is 2. The Balaban J connectivity index is 1.42. The molecule has 2 aromatic carbocycles. The molecule has 0 unspecified atom stereocenters. The monoisotopic (exact) mass is 443 g/mol. The highest BCUT2D eigenvalue weighted by atomic mass is 32.1. The third kappa shape index (κ3) is 3.48. The van der Waals surface area contributed by atoms with E-state index < -0.39 is 5.91 Å². The smallest absolute Gasteiger partial charge is 0.284 e. The van der Waals surface area contributed by atoms with Gasteiger partial charge in [0.2, 0.25) is 5.88 Å². The highest BCUT2D eigenvalue weighted by Crippen LogP contribution is 2.36. The molecule has 8 nitrogen and oxygen atoms in total. The zero-order valence-corrected chi connectivity index (χ0v) is 17.8. The average Bonchev–Trinajstić information content (AvgIpc) is 3.37. The van der Waals surface area contributed by atoms with E-state index in [1.807, 2.05) is 49.4 Å². The van der Waals surface area contributed by atoms with Crippen LogP contribution in [0, 0.1) is 6.92 Å². The van der Waals surface area contributed by atoms with Crippen LogP contribution in [0.15, 0.2) is 75.9 Å². The number of carbonyl (C=O) groups is 1. The molecule has 0 aliphatic heterocycles. The predicted octanol–water partition coefficient (Wildman–Crippen LogP) is 4.93. The molecule has 1 amide bonds. The van der Waals surface area contributed by atoms with Gasteiger partial charge in [0.15, 0.2) is 5.69 Å². The summed E-state index contributed by atoms with van der Waals surface area (Å²) >= 11 is 1.42. The fourth-order valence-corrected chi connectivity index (χ4v) is 4.53. The Bertz CT molecular complexity index is 1560. The third-order valence-electron chi connectivity index (χ3n) is 5.14. The maximum Gasteiger partial charge on any atom is 0.284 e. The van der Waals surface area contributed by atoms with Crippen LogP contribution in [0.4, 0.5) is 5.69 Å². The number of nitrogens with zero attached hydrogens (tertiary/aromatic N) is 4. The summed E-state index contributed by atoms with van der Waals surface area (Å²) in [6.45, 7) is 1.59. The van der Waals surface area contributed by atoms with Crippen molar-refractivity contribution in [2.24, 2.45) is 10.2 Å². The lowest BCUT2D eigenvalue weighted by atomic mass is 10.1. The first-order chi connectivity index (χ1) is 15.5. The topological polar surface area (TPSA) is 113 Å². The Labute approximate surface area is 185 Å². The highest BCUT2D eigenvalue weighted by molar-refractivity contribution is 7.21. The van der Waals surface area contributed by atoms with E-state index in [9.17, 15) is 14.7 Å². The second-order valence-corrected chi connectivity index (χ2v) is 8.32. The van der Waals surface area contributed by atoms with Crippen molar-refractivity contribution in [3.63, 3.8) is 0 Å². The number of carbonyl (C=O) groups excluding carboxylic acids is 1. The number of aromatic hydroxyl groups is 1. The van der Waals surface area contributed by atoms with Crippen LogP contribution in [0.2, 0.25) is 0 Å². The molecule has 0 aliphatic rings. The van der Waals surface area contributed by atoms with E-state index in [0.717, 1.165) is 21.5 Å². The van der Waals surface area contributed by atoms with Gasteiger partial charge in [-0.2, -0.15) is 0 Å². The molecule has 3 aromatic heterocycles. The van der Waals surface area contributed by atoms with Gasteiger partial charge in [0.1, 0.15) is 11.4 Å². The SMILES string of the molecule is Cc1cccc2c(N=NC(=O)Cn3cnc4sc(-c5ccccc5)cc4c3=O)c(O)[nH]c12. The largest absolute Gasteiger partial charge is 0.493 e. The van der Waals surface area contributed by atoms with E-state index in [2.05, 4.69) is 20.2 Å². The number of aryl methyl sites for hydroxylation is 1. The van der Waals surface area contributed by atoms with Gasteiger partial charge in [-0.25, -0.2) is 4.98 Å². The van der Waals surface area contributed by atoms with Crippen molar-refractivity contribution in [1.29, 1.82) is 0 Å². The van der Waals surface area contributed by atoms with Crippen LogP contribution < -0.4 is 5.56 Å². The number of H-pyrrole nitrogens is 1. The molecule has 0 aliphatic carbocycles. The first kappa shape index (κ1) is 19.8. The molecule has 0 saturated heterocycles. The van der Waals surface area contributed by atoms with Crippen LogP contribution in [-0.2, 0) is 11.3 Å². The molecule has 2 N–H and O–H groups in total. The van der Waals surface area contributed by atoms with Gasteiger partial charge in [-0.05, 0) is 24.1 Å². The average molecular weight is 443 g/mol. The first-order valence-corrected chi connectivity index (χ1v) is 10.6. The molecule has 3 heterocycles. The molecule has 5 rings (SSSR count). The van der Waals surface area contributed by atoms with Gasteiger partial charge in [0, 0.05) is 10.3 Å². The van der Waals surface area contributed by atoms with E-state index in [-0.39, 0.29) is 23.7 Å². The number of aromatic amines is 1. The maximum absolute atomic E-state index is 12.9. The maximum atomic E-state index is 12.9. The number of benzene rings is 2. The number of amides is 1.